The van der Waals surface area contributed by atoms with E-state index in [2.05, 4.69) is 27.8 Å². The topological polar surface area (TPSA) is 165 Å². The molecule has 2 aromatic carbocycles. The van der Waals surface area contributed by atoms with Gasteiger partial charge < -0.3 is 34.1 Å². The number of nitriles is 1. The van der Waals surface area contributed by atoms with Gasteiger partial charge in [-0.1, -0.05) is 18.2 Å². The van der Waals surface area contributed by atoms with Gasteiger partial charge in [0.05, 0.1) is 25.9 Å². The van der Waals surface area contributed by atoms with Gasteiger partial charge in [0.25, 0.3) is 10.0 Å². The van der Waals surface area contributed by atoms with Crippen LogP contribution in [0.25, 0.3) is 27.7 Å². The van der Waals surface area contributed by atoms with Gasteiger partial charge in [0.2, 0.25) is 0 Å². The van der Waals surface area contributed by atoms with Gasteiger partial charge in [-0.05, 0) is 48.0 Å². The Morgan fingerprint density at radius 2 is 1.77 bits per heavy atom. The molecule has 0 aliphatic carbocycles. The summed E-state index contributed by atoms with van der Waals surface area (Å²) in [5.41, 5.74) is 2.05. The molecule has 0 spiro atoms. The Morgan fingerprint density at radius 1 is 1.05 bits per heavy atom. The number of allylic oxidation sites excluding steroid dienone is 2. The number of morpholine rings is 1. The summed E-state index contributed by atoms with van der Waals surface area (Å²) in [6.45, 7) is 3.94. The van der Waals surface area contributed by atoms with E-state index in [0.717, 1.165) is 35.1 Å². The summed E-state index contributed by atoms with van der Waals surface area (Å²) in [5.74, 6) is 0.731. The number of hydrogen-bond acceptors (Lipinski definition) is 10. The normalized spacial score (nSPS) is 24.5. The number of sulfonamides is 1. The average Bonchev–Trinajstić information content (AvgIpc) is 3.46. The van der Waals surface area contributed by atoms with E-state index in [1.807, 2.05) is 18.2 Å². The van der Waals surface area contributed by atoms with Crippen molar-refractivity contribution >= 4 is 32.1 Å². The average molecular weight is 570 g/mol. The number of rotatable bonds is 7. The second kappa shape index (κ2) is 11.7. The lowest BCUT2D eigenvalue weighted by Crippen LogP contribution is -2.56. The quantitative estimate of drug-likeness (QED) is 0.307. The third kappa shape index (κ3) is 5.77. The minimum atomic E-state index is -4.31. The first-order valence-corrected chi connectivity index (χ1v) is 14.4. The van der Waals surface area contributed by atoms with Crippen LogP contribution in [0.5, 0.6) is 0 Å². The Bertz CT molecular complexity index is 1550. The fourth-order valence-corrected chi connectivity index (χ4v) is 6.02. The summed E-state index contributed by atoms with van der Waals surface area (Å²) in [5, 5.41) is 41.3. The molecule has 4 N–H and O–H groups in total. The van der Waals surface area contributed by atoms with Crippen molar-refractivity contribution in [3.63, 3.8) is 0 Å². The van der Waals surface area contributed by atoms with E-state index < -0.39 is 45.9 Å². The van der Waals surface area contributed by atoms with E-state index in [1.165, 1.54) is 6.92 Å². The molecule has 12 heteroatoms. The molecule has 3 heterocycles. The minimum absolute atomic E-state index is 0.109. The Balaban J connectivity index is 1.33. The van der Waals surface area contributed by atoms with Crippen LogP contribution in [0.4, 0.5) is 5.69 Å². The highest BCUT2D eigenvalue weighted by Crippen LogP contribution is 2.32. The molecule has 0 amide bonds. The van der Waals surface area contributed by atoms with Gasteiger partial charge in [-0.3, -0.25) is 0 Å². The van der Waals surface area contributed by atoms with E-state index in [9.17, 15) is 29.0 Å². The number of aliphatic hydroxyl groups is 3. The Labute approximate surface area is 231 Å². The van der Waals surface area contributed by atoms with Crippen molar-refractivity contribution in [2.24, 2.45) is 0 Å². The second-order valence-electron chi connectivity index (χ2n) is 9.85. The largest absolute Gasteiger partial charge is 0.456 e. The summed E-state index contributed by atoms with van der Waals surface area (Å²) in [4.78, 5) is 1.74. The van der Waals surface area contributed by atoms with Gasteiger partial charge in [0.15, 0.2) is 4.91 Å². The van der Waals surface area contributed by atoms with E-state index in [4.69, 9.17) is 13.9 Å². The predicted octanol–water partition coefficient (Wildman–Crippen LogP) is 1.59. The summed E-state index contributed by atoms with van der Waals surface area (Å²) < 4.78 is 44.8. The number of ether oxygens (including phenoxy) is 2. The molecular weight excluding hydrogens is 538 g/mol. The molecule has 0 radical (unpaired) electrons. The molecule has 3 aromatic rings. The van der Waals surface area contributed by atoms with Gasteiger partial charge >= 0.3 is 0 Å². The molecule has 4 atom stereocenters. The van der Waals surface area contributed by atoms with Gasteiger partial charge in [-0.15, -0.1) is 0 Å². The van der Waals surface area contributed by atoms with E-state index in [-0.39, 0.29) is 17.9 Å². The van der Waals surface area contributed by atoms with E-state index in [1.54, 1.807) is 18.2 Å². The number of furan rings is 1. The molecule has 2 saturated heterocycles. The van der Waals surface area contributed by atoms with Crippen molar-refractivity contribution in [1.82, 2.24) is 4.72 Å². The van der Waals surface area contributed by atoms with E-state index in [0.29, 0.717) is 19.0 Å². The number of nitrogens with zero attached hydrogens (tertiary/aromatic N) is 2. The molecule has 5 rings (SSSR count). The zero-order chi connectivity index (χ0) is 28.4. The van der Waals surface area contributed by atoms with Crippen LogP contribution in [-0.4, -0.2) is 87.6 Å². The summed E-state index contributed by atoms with van der Waals surface area (Å²) in [7, 11) is -4.31. The molecule has 1 aromatic heterocycles. The number of benzene rings is 2. The third-order valence-electron chi connectivity index (χ3n) is 7.25. The molecule has 11 nitrogen and oxygen atoms in total. The highest BCUT2D eigenvalue weighted by molar-refractivity contribution is 7.93. The molecule has 212 valence electrons. The van der Waals surface area contributed by atoms with Crippen LogP contribution < -0.4 is 9.62 Å². The maximum atomic E-state index is 12.9. The van der Waals surface area contributed by atoms with Crippen LogP contribution in [0.15, 0.2) is 57.9 Å². The zero-order valence-corrected chi connectivity index (χ0v) is 22.7. The molecule has 2 aliphatic heterocycles. The zero-order valence-electron chi connectivity index (χ0n) is 21.9. The fraction of sp³-hybridized carbons (Fsp3) is 0.393. The molecule has 4 unspecified atom stereocenters. The van der Waals surface area contributed by atoms with E-state index >= 15 is 0 Å². The number of aliphatic hydroxyl groups excluding tert-OH is 3. The number of anilines is 1. The molecule has 40 heavy (non-hydrogen) atoms. The maximum Gasteiger partial charge on any atom is 0.251 e. The molecule has 0 saturated carbocycles. The van der Waals surface area contributed by atoms with Crippen LogP contribution in [0, 0.1) is 11.3 Å². The Hall–Kier alpha value is -3.28. The summed E-state index contributed by atoms with van der Waals surface area (Å²) in [6.07, 6.45) is -5.34. The number of nitrogens with one attached hydrogen (secondary N) is 1. The van der Waals surface area contributed by atoms with Gasteiger partial charge in [-0.2, -0.15) is 5.26 Å². The van der Waals surface area contributed by atoms with Crippen LogP contribution in [-0.2, 0) is 19.5 Å². The first-order valence-electron chi connectivity index (χ1n) is 12.9. The van der Waals surface area contributed by atoms with Crippen molar-refractivity contribution in [2.45, 2.75) is 31.3 Å². The van der Waals surface area contributed by atoms with Crippen molar-refractivity contribution in [2.75, 3.05) is 44.4 Å². The van der Waals surface area contributed by atoms with Crippen LogP contribution in [0.3, 0.4) is 0 Å². The monoisotopic (exact) mass is 569 g/mol. The third-order valence-corrected chi connectivity index (χ3v) is 8.73. The van der Waals surface area contributed by atoms with Gasteiger partial charge in [0, 0.05) is 36.5 Å². The molecule has 2 aliphatic rings. The number of hydrogen-bond donors (Lipinski definition) is 4. The summed E-state index contributed by atoms with van der Waals surface area (Å²) >= 11 is 0. The maximum absolute atomic E-state index is 12.9. The van der Waals surface area contributed by atoms with Crippen molar-refractivity contribution in [1.29, 1.82) is 5.26 Å². The summed E-state index contributed by atoms with van der Waals surface area (Å²) in [6, 6.07) is 17.2. The van der Waals surface area contributed by atoms with Crippen molar-refractivity contribution < 1.29 is 37.6 Å². The fourth-order valence-electron chi connectivity index (χ4n) is 4.87. The molecule has 0 bridgehead atoms. The number of fused-ring (bicyclic) bond motifs is 1. The lowest BCUT2D eigenvalue weighted by atomic mass is 10.0. The first kappa shape index (κ1) is 28.3. The Morgan fingerprint density at radius 3 is 2.52 bits per heavy atom. The highest BCUT2D eigenvalue weighted by Gasteiger charge is 2.38. The molecule has 2 fully saturated rings. The Kier molecular flexibility index (Phi) is 8.25. The highest BCUT2D eigenvalue weighted by atomic mass is 32.2. The second-order valence-corrected chi connectivity index (χ2v) is 11.6. The van der Waals surface area contributed by atoms with Crippen LogP contribution in [0.2, 0.25) is 0 Å². The van der Waals surface area contributed by atoms with Crippen LogP contribution in [0.1, 0.15) is 12.7 Å². The lowest BCUT2D eigenvalue weighted by Gasteiger charge is -2.35. The predicted molar refractivity (Wildman–Crippen MR) is 148 cm³/mol. The van der Waals surface area contributed by atoms with Gasteiger partial charge in [0.1, 0.15) is 35.9 Å². The van der Waals surface area contributed by atoms with Crippen molar-refractivity contribution in [3.8, 4) is 17.4 Å². The SMILES string of the molecule is CC(=C(C#N)S(=O)(=O)NCC1OCC(O)C(O)C1O)c1ccc(-c2ccc3cc(N4CCOCC4)ccc3c2)o1. The lowest BCUT2D eigenvalue weighted by molar-refractivity contribution is -0.184. The first-order chi connectivity index (χ1) is 19.2. The standard InChI is InChI=1S/C28H31N3O8S/c1-17(26(14-29)40(35,36)30-15-25-28(34)27(33)22(32)16-38-25)23-6-7-24(39-23)20-3-2-19-13-21(5-4-18(19)12-20)31-8-10-37-11-9-31/h2-7,12-13,22,25,27-28,30,32-34H,8-11,15-16H2,1H3. The smallest absolute Gasteiger partial charge is 0.251 e. The minimum Gasteiger partial charge on any atom is -0.456 e. The molecular formula is C28H31N3O8S. The van der Waals surface area contributed by atoms with Crippen LogP contribution >= 0.6 is 0 Å². The van der Waals surface area contributed by atoms with Gasteiger partial charge in [-0.25, -0.2) is 13.1 Å². The van der Waals surface area contributed by atoms with Crippen molar-refractivity contribution in [3.05, 3.63) is 59.2 Å².